The number of hydrogen-bond donors (Lipinski definition) is 1. The maximum atomic E-state index is 14.0. The van der Waals surface area contributed by atoms with Crippen molar-refractivity contribution in [1.29, 1.82) is 0 Å². The highest BCUT2D eigenvalue weighted by atomic mass is 16.5. The molecule has 2 amide bonds. The quantitative estimate of drug-likeness (QED) is 0.349. The molecule has 4 rings (SSSR count). The first-order valence-corrected chi connectivity index (χ1v) is 13.8. The molecule has 2 aromatic carbocycles. The smallest absolute Gasteiger partial charge is 0.275 e. The van der Waals surface area contributed by atoms with Gasteiger partial charge in [-0.05, 0) is 61.6 Å². The molecule has 0 aliphatic heterocycles. The van der Waals surface area contributed by atoms with E-state index < -0.39 is 6.04 Å². The number of benzene rings is 2. The monoisotopic (exact) mass is 546 g/mol. The number of nitrogens with one attached hydrogen (secondary N) is 1. The lowest BCUT2D eigenvalue weighted by Crippen LogP contribution is -2.47. The van der Waals surface area contributed by atoms with Crippen LogP contribution >= 0.6 is 0 Å². The van der Waals surface area contributed by atoms with Gasteiger partial charge in [0, 0.05) is 25.0 Å². The molecule has 1 aliphatic rings. The summed E-state index contributed by atoms with van der Waals surface area (Å²) < 4.78 is 16.5. The molecule has 1 aromatic heterocycles. The van der Waals surface area contributed by atoms with Crippen LogP contribution in [-0.2, 0) is 11.2 Å². The van der Waals surface area contributed by atoms with Gasteiger partial charge < -0.3 is 24.4 Å². The van der Waals surface area contributed by atoms with E-state index in [1.807, 2.05) is 49.4 Å². The fraction of sp³-hybridized carbons (Fsp3) is 0.419. The van der Waals surface area contributed by atoms with Crippen molar-refractivity contribution in [2.45, 2.75) is 57.5 Å². The number of rotatable bonds is 12. The van der Waals surface area contributed by atoms with Gasteiger partial charge in [-0.25, -0.2) is 4.98 Å². The third-order valence-electron chi connectivity index (χ3n) is 7.15. The molecule has 1 heterocycles. The number of nitrogens with zero attached hydrogens (tertiary/aromatic N) is 3. The van der Waals surface area contributed by atoms with Crippen LogP contribution in [0.4, 0.5) is 0 Å². The summed E-state index contributed by atoms with van der Waals surface area (Å²) in [5.74, 6) is 1.35. The number of ether oxygens (including phenoxy) is 3. The Bertz CT molecular complexity index is 1250. The summed E-state index contributed by atoms with van der Waals surface area (Å²) in [7, 11) is 3.17. The Balaban J connectivity index is 1.70. The van der Waals surface area contributed by atoms with Crippen molar-refractivity contribution in [3.63, 3.8) is 0 Å². The molecule has 0 saturated heterocycles. The Labute approximate surface area is 235 Å². The molecule has 0 spiro atoms. The van der Waals surface area contributed by atoms with E-state index in [4.69, 9.17) is 14.2 Å². The van der Waals surface area contributed by atoms with Gasteiger partial charge in [0.2, 0.25) is 5.91 Å². The zero-order valence-electron chi connectivity index (χ0n) is 23.5. The van der Waals surface area contributed by atoms with Crippen LogP contribution in [0.3, 0.4) is 0 Å². The van der Waals surface area contributed by atoms with E-state index in [0.29, 0.717) is 35.8 Å². The van der Waals surface area contributed by atoms with Crippen LogP contribution in [-0.4, -0.2) is 60.1 Å². The molecule has 1 aliphatic carbocycles. The van der Waals surface area contributed by atoms with Gasteiger partial charge in [0.05, 0.1) is 27.0 Å². The molecule has 9 heteroatoms. The molecular weight excluding hydrogens is 508 g/mol. The second kappa shape index (κ2) is 14.3. The standard InChI is InChI=1S/C31H38N4O5/c1-4-40-25-13-11-23(12-14-25)29(30(36)34-24-8-6-5-7-9-24)35(31(37)26-21-32-17-18-33-26)19-16-22-10-15-27(38-2)28(20-22)39-3/h10-15,17-18,20-21,24,29H,4-9,16,19H2,1-3H3,(H,34,36)/t29-/m0/s1. The van der Waals surface area contributed by atoms with Crippen LogP contribution in [0.5, 0.6) is 17.2 Å². The number of methoxy groups -OCH3 is 2. The summed E-state index contributed by atoms with van der Waals surface area (Å²) in [4.78, 5) is 37.9. The van der Waals surface area contributed by atoms with Crippen LogP contribution in [0.2, 0.25) is 0 Å². The number of hydrogen-bond acceptors (Lipinski definition) is 7. The van der Waals surface area contributed by atoms with Crippen LogP contribution in [0, 0.1) is 0 Å². The Morgan fingerprint density at radius 3 is 2.40 bits per heavy atom. The lowest BCUT2D eigenvalue weighted by Gasteiger charge is -2.33. The van der Waals surface area contributed by atoms with Gasteiger partial charge in [0.1, 0.15) is 17.5 Å². The first-order chi connectivity index (χ1) is 19.5. The minimum Gasteiger partial charge on any atom is -0.494 e. The van der Waals surface area contributed by atoms with Gasteiger partial charge in [-0.1, -0.05) is 37.5 Å². The highest BCUT2D eigenvalue weighted by Crippen LogP contribution is 2.30. The predicted octanol–water partition coefficient (Wildman–Crippen LogP) is 4.77. The molecule has 3 aromatic rings. The third kappa shape index (κ3) is 7.28. The molecule has 0 radical (unpaired) electrons. The van der Waals surface area contributed by atoms with Crippen molar-refractivity contribution in [1.82, 2.24) is 20.2 Å². The van der Waals surface area contributed by atoms with Gasteiger partial charge in [-0.2, -0.15) is 0 Å². The molecule has 40 heavy (non-hydrogen) atoms. The van der Waals surface area contributed by atoms with Gasteiger partial charge in [0.15, 0.2) is 11.5 Å². The molecular formula is C31H38N4O5. The number of carbonyl (C=O) groups is 2. The number of carbonyl (C=O) groups excluding carboxylic acids is 2. The van der Waals surface area contributed by atoms with Crippen molar-refractivity contribution in [3.8, 4) is 17.2 Å². The van der Waals surface area contributed by atoms with Crippen molar-refractivity contribution >= 4 is 11.8 Å². The Kier molecular flexibility index (Phi) is 10.3. The van der Waals surface area contributed by atoms with Gasteiger partial charge in [-0.3, -0.25) is 14.6 Å². The lowest BCUT2D eigenvalue weighted by molar-refractivity contribution is -0.126. The minimum atomic E-state index is -0.868. The van der Waals surface area contributed by atoms with Crippen molar-refractivity contribution in [2.24, 2.45) is 0 Å². The summed E-state index contributed by atoms with van der Waals surface area (Å²) in [6.07, 6.45) is 10.1. The van der Waals surface area contributed by atoms with Crippen molar-refractivity contribution in [2.75, 3.05) is 27.4 Å². The molecule has 1 atom stereocenters. The largest absolute Gasteiger partial charge is 0.494 e. The molecule has 0 bridgehead atoms. The highest BCUT2D eigenvalue weighted by molar-refractivity contribution is 5.96. The maximum Gasteiger partial charge on any atom is 0.275 e. The Hall–Kier alpha value is -4.14. The van der Waals surface area contributed by atoms with E-state index in [1.54, 1.807) is 19.1 Å². The van der Waals surface area contributed by atoms with Gasteiger partial charge in [-0.15, -0.1) is 0 Å². The van der Waals surface area contributed by atoms with E-state index in [0.717, 1.165) is 31.2 Å². The van der Waals surface area contributed by atoms with Gasteiger partial charge in [0.25, 0.3) is 5.91 Å². The number of amides is 2. The predicted molar refractivity (Wildman–Crippen MR) is 152 cm³/mol. The minimum absolute atomic E-state index is 0.0887. The summed E-state index contributed by atoms with van der Waals surface area (Å²) in [5, 5.41) is 3.24. The zero-order valence-corrected chi connectivity index (χ0v) is 23.5. The highest BCUT2D eigenvalue weighted by Gasteiger charge is 2.34. The van der Waals surface area contributed by atoms with Crippen LogP contribution in [0.15, 0.2) is 61.1 Å². The molecule has 1 fully saturated rings. The summed E-state index contributed by atoms with van der Waals surface area (Å²) >= 11 is 0. The second-order valence-electron chi connectivity index (χ2n) is 9.78. The summed E-state index contributed by atoms with van der Waals surface area (Å²) in [5.41, 5.74) is 1.81. The average molecular weight is 547 g/mol. The molecule has 9 nitrogen and oxygen atoms in total. The van der Waals surface area contributed by atoms with E-state index in [9.17, 15) is 9.59 Å². The van der Waals surface area contributed by atoms with Crippen molar-refractivity contribution < 1.29 is 23.8 Å². The lowest BCUT2D eigenvalue weighted by atomic mass is 9.94. The molecule has 1 saturated carbocycles. The van der Waals surface area contributed by atoms with E-state index in [-0.39, 0.29) is 30.1 Å². The maximum absolute atomic E-state index is 14.0. The summed E-state index contributed by atoms with van der Waals surface area (Å²) in [6, 6.07) is 12.2. The van der Waals surface area contributed by atoms with Crippen LogP contribution < -0.4 is 19.5 Å². The average Bonchev–Trinajstić information content (AvgIpc) is 3.00. The first-order valence-electron chi connectivity index (χ1n) is 13.8. The summed E-state index contributed by atoms with van der Waals surface area (Å²) in [6.45, 7) is 2.72. The fourth-order valence-electron chi connectivity index (χ4n) is 5.10. The Morgan fingerprint density at radius 1 is 1.00 bits per heavy atom. The molecule has 0 unspecified atom stereocenters. The number of aromatic nitrogens is 2. The SMILES string of the molecule is CCOc1ccc([C@@H](C(=O)NC2CCCCC2)N(CCc2ccc(OC)c(OC)c2)C(=O)c2cnccn2)cc1. The van der Waals surface area contributed by atoms with E-state index >= 15 is 0 Å². The fourth-order valence-corrected chi connectivity index (χ4v) is 5.10. The second-order valence-corrected chi connectivity index (χ2v) is 9.78. The topological polar surface area (TPSA) is 103 Å². The van der Waals surface area contributed by atoms with E-state index in [1.165, 1.54) is 25.0 Å². The van der Waals surface area contributed by atoms with Gasteiger partial charge >= 0.3 is 0 Å². The molecule has 212 valence electrons. The van der Waals surface area contributed by atoms with Crippen LogP contribution in [0.1, 0.15) is 66.7 Å². The zero-order chi connectivity index (χ0) is 28.3. The third-order valence-corrected chi connectivity index (χ3v) is 7.15. The molecule has 1 N–H and O–H groups in total. The van der Waals surface area contributed by atoms with E-state index in [2.05, 4.69) is 15.3 Å². The Morgan fingerprint density at radius 2 is 1.75 bits per heavy atom. The van der Waals surface area contributed by atoms with Crippen molar-refractivity contribution in [3.05, 3.63) is 77.9 Å². The first kappa shape index (κ1) is 28.9. The normalized spacial score (nSPS) is 14.2. The van der Waals surface area contributed by atoms with Crippen LogP contribution in [0.25, 0.3) is 0 Å².